The standard InChI is InChI=1S/C15H19ClFN3/c1-12(14-5-4-13(17)10-15(14)16)19-6-2-3-8-20-9-7-18-11-20/h4-5,7,9-12,19H,2-3,6,8H2,1H3. The highest BCUT2D eigenvalue weighted by molar-refractivity contribution is 6.31. The minimum Gasteiger partial charge on any atom is -0.337 e. The van der Waals surface area contributed by atoms with Crippen molar-refractivity contribution in [1.29, 1.82) is 0 Å². The molecular formula is C15H19ClFN3. The smallest absolute Gasteiger partial charge is 0.124 e. The first-order chi connectivity index (χ1) is 9.66. The summed E-state index contributed by atoms with van der Waals surface area (Å²) in [5, 5.41) is 3.88. The SMILES string of the molecule is CC(NCCCCn1ccnc1)c1ccc(F)cc1Cl. The van der Waals surface area contributed by atoms with Crippen molar-refractivity contribution in [2.24, 2.45) is 0 Å². The van der Waals surface area contributed by atoms with Gasteiger partial charge in [0.2, 0.25) is 0 Å². The van der Waals surface area contributed by atoms with Crippen LogP contribution in [-0.2, 0) is 6.54 Å². The van der Waals surface area contributed by atoms with Crippen LogP contribution in [0.25, 0.3) is 0 Å². The lowest BCUT2D eigenvalue weighted by molar-refractivity contribution is 0.522. The van der Waals surface area contributed by atoms with Crippen molar-refractivity contribution in [3.05, 3.63) is 53.3 Å². The van der Waals surface area contributed by atoms with E-state index >= 15 is 0 Å². The first-order valence-electron chi connectivity index (χ1n) is 6.81. The fourth-order valence-electron chi connectivity index (χ4n) is 2.12. The minimum absolute atomic E-state index is 0.122. The van der Waals surface area contributed by atoms with Gasteiger partial charge in [-0.1, -0.05) is 17.7 Å². The van der Waals surface area contributed by atoms with Crippen LogP contribution in [0.4, 0.5) is 4.39 Å². The van der Waals surface area contributed by atoms with E-state index in [0.717, 1.165) is 31.5 Å². The largest absolute Gasteiger partial charge is 0.337 e. The summed E-state index contributed by atoms with van der Waals surface area (Å²) in [6.07, 6.45) is 7.74. The van der Waals surface area contributed by atoms with Crippen molar-refractivity contribution in [2.75, 3.05) is 6.54 Å². The van der Waals surface area contributed by atoms with Gasteiger partial charge in [0, 0.05) is 30.0 Å². The summed E-state index contributed by atoms with van der Waals surface area (Å²) in [6.45, 7) is 3.92. The summed E-state index contributed by atoms with van der Waals surface area (Å²) >= 11 is 6.04. The first-order valence-corrected chi connectivity index (χ1v) is 7.18. The van der Waals surface area contributed by atoms with Crippen molar-refractivity contribution in [3.8, 4) is 0 Å². The number of rotatable bonds is 7. The summed E-state index contributed by atoms with van der Waals surface area (Å²) in [6, 6.07) is 4.66. The topological polar surface area (TPSA) is 29.9 Å². The molecule has 1 N–H and O–H groups in total. The Hall–Kier alpha value is -1.39. The van der Waals surface area contributed by atoms with Gasteiger partial charge in [0.25, 0.3) is 0 Å². The molecule has 20 heavy (non-hydrogen) atoms. The van der Waals surface area contributed by atoms with Crippen molar-refractivity contribution in [3.63, 3.8) is 0 Å². The second-order valence-corrected chi connectivity index (χ2v) is 5.26. The van der Waals surface area contributed by atoms with E-state index in [9.17, 15) is 4.39 Å². The van der Waals surface area contributed by atoms with Crippen LogP contribution in [-0.4, -0.2) is 16.1 Å². The number of nitrogens with zero attached hydrogens (tertiary/aromatic N) is 2. The molecule has 0 aliphatic carbocycles. The normalized spacial score (nSPS) is 12.6. The maximum Gasteiger partial charge on any atom is 0.124 e. The Labute approximate surface area is 123 Å². The van der Waals surface area contributed by atoms with E-state index in [2.05, 4.69) is 14.9 Å². The monoisotopic (exact) mass is 295 g/mol. The summed E-state index contributed by atoms with van der Waals surface area (Å²) in [4.78, 5) is 4.01. The zero-order chi connectivity index (χ0) is 14.4. The molecule has 0 aliphatic heterocycles. The molecule has 0 bridgehead atoms. The number of aromatic nitrogens is 2. The Kier molecular flexibility index (Phi) is 5.56. The number of aryl methyl sites for hydroxylation is 1. The molecule has 1 atom stereocenters. The number of halogens is 2. The van der Waals surface area contributed by atoms with E-state index < -0.39 is 0 Å². The van der Waals surface area contributed by atoms with Gasteiger partial charge in [-0.05, 0) is 44.0 Å². The molecule has 3 nitrogen and oxygen atoms in total. The average Bonchev–Trinajstić information content (AvgIpc) is 2.91. The number of unbranched alkanes of at least 4 members (excludes halogenated alkanes) is 1. The van der Waals surface area contributed by atoms with E-state index in [1.807, 2.05) is 19.4 Å². The molecule has 0 fully saturated rings. The fourth-order valence-corrected chi connectivity index (χ4v) is 2.45. The Morgan fingerprint density at radius 1 is 1.40 bits per heavy atom. The van der Waals surface area contributed by atoms with Crippen molar-refractivity contribution in [2.45, 2.75) is 32.4 Å². The minimum atomic E-state index is -0.300. The van der Waals surface area contributed by atoms with Gasteiger partial charge in [-0.15, -0.1) is 0 Å². The van der Waals surface area contributed by atoms with E-state index in [4.69, 9.17) is 11.6 Å². The average molecular weight is 296 g/mol. The first kappa shape index (κ1) is 15.0. The van der Waals surface area contributed by atoms with E-state index in [1.54, 1.807) is 12.3 Å². The Morgan fingerprint density at radius 3 is 2.95 bits per heavy atom. The number of imidazole rings is 1. The van der Waals surface area contributed by atoms with Crippen molar-refractivity contribution >= 4 is 11.6 Å². The van der Waals surface area contributed by atoms with Crippen LogP contribution in [0, 0.1) is 5.82 Å². The van der Waals surface area contributed by atoms with Crippen molar-refractivity contribution < 1.29 is 4.39 Å². The highest BCUT2D eigenvalue weighted by Gasteiger charge is 2.09. The third-order valence-electron chi connectivity index (χ3n) is 3.28. The zero-order valence-electron chi connectivity index (χ0n) is 11.5. The number of hydrogen-bond acceptors (Lipinski definition) is 2. The van der Waals surface area contributed by atoms with Gasteiger partial charge < -0.3 is 9.88 Å². The van der Waals surface area contributed by atoms with Crippen LogP contribution in [0.1, 0.15) is 31.4 Å². The molecule has 1 heterocycles. The molecule has 1 aromatic heterocycles. The lowest BCUT2D eigenvalue weighted by Crippen LogP contribution is -2.20. The van der Waals surface area contributed by atoms with Crippen LogP contribution in [0.3, 0.4) is 0 Å². The van der Waals surface area contributed by atoms with Gasteiger partial charge >= 0.3 is 0 Å². The van der Waals surface area contributed by atoms with Gasteiger partial charge in [-0.25, -0.2) is 9.37 Å². The molecular weight excluding hydrogens is 277 g/mol. The van der Waals surface area contributed by atoms with E-state index in [0.29, 0.717) is 5.02 Å². The molecule has 1 unspecified atom stereocenters. The molecule has 0 spiro atoms. The van der Waals surface area contributed by atoms with Gasteiger partial charge in [0.05, 0.1) is 6.33 Å². The fraction of sp³-hybridized carbons (Fsp3) is 0.400. The van der Waals surface area contributed by atoms with Crippen LogP contribution >= 0.6 is 11.6 Å². The zero-order valence-corrected chi connectivity index (χ0v) is 12.3. The van der Waals surface area contributed by atoms with Gasteiger partial charge in [-0.3, -0.25) is 0 Å². The molecule has 0 aliphatic rings. The molecule has 108 valence electrons. The molecule has 0 saturated carbocycles. The van der Waals surface area contributed by atoms with Crippen LogP contribution < -0.4 is 5.32 Å². The molecule has 0 radical (unpaired) electrons. The lowest BCUT2D eigenvalue weighted by Gasteiger charge is -2.15. The van der Waals surface area contributed by atoms with Crippen LogP contribution in [0.2, 0.25) is 5.02 Å². The Bertz CT molecular complexity index is 528. The maximum atomic E-state index is 13.0. The quantitative estimate of drug-likeness (QED) is 0.787. The van der Waals surface area contributed by atoms with Gasteiger partial charge in [0.1, 0.15) is 5.82 Å². The molecule has 0 saturated heterocycles. The highest BCUT2D eigenvalue weighted by atomic mass is 35.5. The third-order valence-corrected chi connectivity index (χ3v) is 3.61. The molecule has 2 rings (SSSR count). The van der Waals surface area contributed by atoms with Crippen LogP contribution in [0.15, 0.2) is 36.9 Å². The number of benzene rings is 1. The van der Waals surface area contributed by atoms with E-state index in [-0.39, 0.29) is 11.9 Å². The molecule has 1 aromatic carbocycles. The summed E-state index contributed by atoms with van der Waals surface area (Å²) in [5.74, 6) is -0.300. The van der Waals surface area contributed by atoms with Crippen molar-refractivity contribution in [1.82, 2.24) is 14.9 Å². The highest BCUT2D eigenvalue weighted by Crippen LogP contribution is 2.23. The second-order valence-electron chi connectivity index (χ2n) is 4.85. The van der Waals surface area contributed by atoms with E-state index in [1.165, 1.54) is 12.1 Å². The number of nitrogens with one attached hydrogen (secondary N) is 1. The summed E-state index contributed by atoms with van der Waals surface area (Å²) in [5.41, 5.74) is 0.933. The second kappa shape index (κ2) is 7.41. The lowest BCUT2D eigenvalue weighted by atomic mass is 10.1. The summed E-state index contributed by atoms with van der Waals surface area (Å²) < 4.78 is 15.1. The number of hydrogen-bond donors (Lipinski definition) is 1. The Balaban J connectivity index is 1.70. The van der Waals surface area contributed by atoms with Gasteiger partial charge in [-0.2, -0.15) is 0 Å². The maximum absolute atomic E-state index is 13.0. The van der Waals surface area contributed by atoms with Gasteiger partial charge in [0.15, 0.2) is 0 Å². The van der Waals surface area contributed by atoms with Crippen LogP contribution in [0.5, 0.6) is 0 Å². The predicted molar refractivity (Wildman–Crippen MR) is 79.3 cm³/mol. The molecule has 0 amide bonds. The third kappa shape index (κ3) is 4.32. The summed E-state index contributed by atoms with van der Waals surface area (Å²) in [7, 11) is 0. The Morgan fingerprint density at radius 2 is 2.25 bits per heavy atom. The predicted octanol–water partition coefficient (Wildman–Crippen LogP) is 3.81. The molecule has 5 heteroatoms. The molecule has 2 aromatic rings.